The first-order valence-corrected chi connectivity index (χ1v) is 8.26. The summed E-state index contributed by atoms with van der Waals surface area (Å²) in [7, 11) is 1.64. The minimum absolute atomic E-state index is 0.171. The Labute approximate surface area is 145 Å². The van der Waals surface area contributed by atoms with Crippen molar-refractivity contribution in [1.29, 1.82) is 0 Å². The lowest BCUT2D eigenvalue weighted by Crippen LogP contribution is -2.36. The molecular weight excluding hydrogens is 318 g/mol. The number of rotatable bonds is 2. The van der Waals surface area contributed by atoms with E-state index < -0.39 is 0 Å². The Morgan fingerprint density at radius 1 is 1.20 bits per heavy atom. The number of hydrogen-bond acceptors (Lipinski definition) is 5. The smallest absolute Gasteiger partial charge is 0.298 e. The van der Waals surface area contributed by atoms with E-state index in [1.807, 2.05) is 38.1 Å². The summed E-state index contributed by atoms with van der Waals surface area (Å²) < 4.78 is 6.90. The normalized spacial score (nSPS) is 13.8. The predicted molar refractivity (Wildman–Crippen MR) is 93.2 cm³/mol. The van der Waals surface area contributed by atoms with Crippen LogP contribution in [0.4, 0.5) is 5.69 Å². The number of anilines is 1. The van der Waals surface area contributed by atoms with Crippen LogP contribution in [0.3, 0.4) is 0 Å². The average molecular weight is 337 g/mol. The SMILES string of the molecule is COc1ccc2c(c1)CCCN2C(=O)c1nc2nc(C)cc(C)n2n1. The minimum Gasteiger partial charge on any atom is -0.497 e. The summed E-state index contributed by atoms with van der Waals surface area (Å²) in [5.74, 6) is 1.22. The molecule has 1 aliphatic rings. The van der Waals surface area contributed by atoms with Crippen LogP contribution in [0.15, 0.2) is 24.3 Å². The molecular formula is C18H19N5O2. The molecule has 1 aliphatic heterocycles. The molecule has 0 radical (unpaired) electrons. The number of carbonyl (C=O) groups is 1. The highest BCUT2D eigenvalue weighted by Gasteiger charge is 2.27. The van der Waals surface area contributed by atoms with E-state index in [4.69, 9.17) is 4.74 Å². The predicted octanol–water partition coefficient (Wildman–Crippen LogP) is 2.34. The van der Waals surface area contributed by atoms with Crippen LogP contribution < -0.4 is 9.64 Å². The maximum Gasteiger partial charge on any atom is 0.298 e. The number of methoxy groups -OCH3 is 1. The van der Waals surface area contributed by atoms with Gasteiger partial charge in [0.25, 0.3) is 11.7 Å². The monoisotopic (exact) mass is 337 g/mol. The first-order valence-electron chi connectivity index (χ1n) is 8.26. The topological polar surface area (TPSA) is 72.6 Å². The largest absolute Gasteiger partial charge is 0.497 e. The van der Waals surface area contributed by atoms with Crippen molar-refractivity contribution in [3.63, 3.8) is 0 Å². The van der Waals surface area contributed by atoms with Gasteiger partial charge in [0.1, 0.15) is 5.75 Å². The number of carbonyl (C=O) groups excluding carboxylic acids is 1. The van der Waals surface area contributed by atoms with E-state index in [9.17, 15) is 4.79 Å². The van der Waals surface area contributed by atoms with Gasteiger partial charge in [-0.15, -0.1) is 5.10 Å². The molecule has 4 rings (SSSR count). The van der Waals surface area contributed by atoms with Gasteiger partial charge >= 0.3 is 0 Å². The van der Waals surface area contributed by atoms with Gasteiger partial charge in [0, 0.05) is 23.6 Å². The van der Waals surface area contributed by atoms with Crippen molar-refractivity contribution in [2.45, 2.75) is 26.7 Å². The zero-order valence-corrected chi connectivity index (χ0v) is 14.5. The molecule has 128 valence electrons. The fraction of sp³-hybridized carbons (Fsp3) is 0.333. The molecule has 1 aromatic carbocycles. The van der Waals surface area contributed by atoms with Crippen LogP contribution in [0.1, 0.15) is 34.0 Å². The van der Waals surface area contributed by atoms with Crippen LogP contribution in [0.5, 0.6) is 5.75 Å². The molecule has 0 spiro atoms. The van der Waals surface area contributed by atoms with Gasteiger partial charge in [-0.3, -0.25) is 4.79 Å². The van der Waals surface area contributed by atoms with Crippen LogP contribution in [-0.2, 0) is 6.42 Å². The summed E-state index contributed by atoms with van der Waals surface area (Å²) >= 11 is 0. The molecule has 1 amide bonds. The molecule has 7 heteroatoms. The summed E-state index contributed by atoms with van der Waals surface area (Å²) in [5.41, 5.74) is 3.76. The molecule has 0 saturated carbocycles. The lowest BCUT2D eigenvalue weighted by atomic mass is 10.0. The molecule has 3 heterocycles. The number of nitrogens with zero attached hydrogens (tertiary/aromatic N) is 5. The number of ether oxygens (including phenoxy) is 1. The van der Waals surface area contributed by atoms with Crippen molar-refractivity contribution in [2.75, 3.05) is 18.6 Å². The highest BCUT2D eigenvalue weighted by atomic mass is 16.5. The van der Waals surface area contributed by atoms with Gasteiger partial charge < -0.3 is 9.64 Å². The molecule has 0 N–H and O–H groups in total. The molecule has 0 unspecified atom stereocenters. The molecule has 2 aromatic heterocycles. The molecule has 0 fully saturated rings. The number of aryl methyl sites for hydroxylation is 3. The standard InChI is InChI=1S/C18H19N5O2/c1-11-9-12(2)23-18(19-11)20-16(21-23)17(24)22-8-4-5-13-10-14(25-3)6-7-15(13)22/h6-7,9-10H,4-5,8H2,1-3H3. The molecule has 0 aliphatic carbocycles. The zero-order chi connectivity index (χ0) is 17.6. The van der Waals surface area contributed by atoms with E-state index in [0.29, 0.717) is 12.3 Å². The third-order valence-corrected chi connectivity index (χ3v) is 4.46. The second kappa shape index (κ2) is 5.84. The van der Waals surface area contributed by atoms with Gasteiger partial charge in [-0.2, -0.15) is 4.98 Å². The Bertz CT molecular complexity index is 979. The van der Waals surface area contributed by atoms with Crippen LogP contribution >= 0.6 is 0 Å². The number of amides is 1. The Balaban J connectivity index is 1.74. The summed E-state index contributed by atoms with van der Waals surface area (Å²) in [4.78, 5) is 23.5. The maximum atomic E-state index is 13.0. The summed E-state index contributed by atoms with van der Waals surface area (Å²) in [6, 6.07) is 7.70. The Morgan fingerprint density at radius 3 is 2.84 bits per heavy atom. The quantitative estimate of drug-likeness (QED) is 0.718. The first kappa shape index (κ1) is 15.6. The molecule has 0 atom stereocenters. The van der Waals surface area contributed by atoms with Gasteiger partial charge in [-0.25, -0.2) is 9.50 Å². The molecule has 7 nitrogen and oxygen atoms in total. The van der Waals surface area contributed by atoms with Crippen molar-refractivity contribution >= 4 is 17.4 Å². The maximum absolute atomic E-state index is 13.0. The second-order valence-electron chi connectivity index (χ2n) is 6.24. The highest BCUT2D eigenvalue weighted by Crippen LogP contribution is 2.31. The lowest BCUT2D eigenvalue weighted by molar-refractivity contribution is 0.0975. The van der Waals surface area contributed by atoms with Crippen LogP contribution in [-0.4, -0.2) is 39.1 Å². The summed E-state index contributed by atoms with van der Waals surface area (Å²) in [6.07, 6.45) is 1.82. The number of aromatic nitrogens is 4. The number of benzene rings is 1. The third-order valence-electron chi connectivity index (χ3n) is 4.46. The van der Waals surface area contributed by atoms with E-state index in [1.165, 1.54) is 0 Å². The van der Waals surface area contributed by atoms with Crippen molar-refractivity contribution in [3.8, 4) is 5.75 Å². The number of fused-ring (bicyclic) bond motifs is 2. The van der Waals surface area contributed by atoms with Gasteiger partial charge in [0.2, 0.25) is 5.82 Å². The highest BCUT2D eigenvalue weighted by molar-refractivity contribution is 6.04. The van der Waals surface area contributed by atoms with E-state index in [0.717, 1.165) is 41.2 Å². The van der Waals surface area contributed by atoms with E-state index in [-0.39, 0.29) is 11.7 Å². The van der Waals surface area contributed by atoms with Gasteiger partial charge in [-0.05, 0) is 56.5 Å². The van der Waals surface area contributed by atoms with Gasteiger partial charge in [0.05, 0.1) is 7.11 Å². The molecule has 0 bridgehead atoms. The Hall–Kier alpha value is -2.96. The third kappa shape index (κ3) is 2.61. The van der Waals surface area contributed by atoms with Crippen LogP contribution in [0.25, 0.3) is 5.78 Å². The average Bonchev–Trinajstić information content (AvgIpc) is 3.04. The summed E-state index contributed by atoms with van der Waals surface area (Å²) in [5, 5.41) is 4.36. The van der Waals surface area contributed by atoms with Crippen LogP contribution in [0, 0.1) is 13.8 Å². The van der Waals surface area contributed by atoms with Gasteiger partial charge in [-0.1, -0.05) is 0 Å². The Kier molecular flexibility index (Phi) is 3.63. The fourth-order valence-electron chi connectivity index (χ4n) is 3.29. The van der Waals surface area contributed by atoms with Gasteiger partial charge in [0.15, 0.2) is 0 Å². The van der Waals surface area contributed by atoms with E-state index in [2.05, 4.69) is 15.1 Å². The molecule has 0 saturated heterocycles. The van der Waals surface area contributed by atoms with Crippen LogP contribution in [0.2, 0.25) is 0 Å². The summed E-state index contributed by atoms with van der Waals surface area (Å²) in [6.45, 7) is 4.48. The van der Waals surface area contributed by atoms with E-state index >= 15 is 0 Å². The van der Waals surface area contributed by atoms with Crippen molar-refractivity contribution in [2.24, 2.45) is 0 Å². The Morgan fingerprint density at radius 2 is 2.04 bits per heavy atom. The first-order chi connectivity index (χ1) is 12.1. The van der Waals surface area contributed by atoms with Crippen molar-refractivity contribution in [1.82, 2.24) is 19.6 Å². The van der Waals surface area contributed by atoms with Crippen molar-refractivity contribution < 1.29 is 9.53 Å². The second-order valence-corrected chi connectivity index (χ2v) is 6.24. The zero-order valence-electron chi connectivity index (χ0n) is 14.5. The fourth-order valence-corrected chi connectivity index (χ4v) is 3.29. The van der Waals surface area contributed by atoms with E-state index in [1.54, 1.807) is 16.5 Å². The molecule has 3 aromatic rings. The number of hydrogen-bond donors (Lipinski definition) is 0. The lowest BCUT2D eigenvalue weighted by Gasteiger charge is -2.28. The minimum atomic E-state index is -0.200. The molecule has 25 heavy (non-hydrogen) atoms. The van der Waals surface area contributed by atoms with Crippen molar-refractivity contribution in [3.05, 3.63) is 47.0 Å².